The van der Waals surface area contributed by atoms with Gasteiger partial charge in [-0.2, -0.15) is 0 Å². The molecule has 1 aliphatic rings. The molecule has 0 spiro atoms. The molecule has 3 nitrogen and oxygen atoms in total. The number of aromatic nitrogens is 1. The summed E-state index contributed by atoms with van der Waals surface area (Å²) in [5.41, 5.74) is 2.77. The van der Waals surface area contributed by atoms with E-state index in [0.29, 0.717) is 13.1 Å². The Labute approximate surface area is 117 Å². The molecule has 0 atom stereocenters. The molecular weight excluding hydrogens is 255 g/mol. The Bertz CT molecular complexity index is 682. The second-order valence-electron chi connectivity index (χ2n) is 6.50. The second kappa shape index (κ2) is 4.33. The second-order valence-corrected chi connectivity index (χ2v) is 6.50. The maximum atomic E-state index is 13.4. The number of fused-ring (bicyclic) bond motifs is 3. The Balaban J connectivity index is 1.96. The summed E-state index contributed by atoms with van der Waals surface area (Å²) in [6.45, 7) is 7.09. The number of carbonyl (C=O) groups is 1. The van der Waals surface area contributed by atoms with Crippen molar-refractivity contribution in [1.82, 2.24) is 9.88 Å². The minimum Gasteiger partial charge on any atom is -0.357 e. The number of H-pyrrole nitrogens is 1. The van der Waals surface area contributed by atoms with Crippen LogP contribution in [0.15, 0.2) is 18.2 Å². The van der Waals surface area contributed by atoms with E-state index < -0.39 is 0 Å². The van der Waals surface area contributed by atoms with Crippen molar-refractivity contribution in [1.29, 1.82) is 0 Å². The first-order valence-corrected chi connectivity index (χ1v) is 6.94. The van der Waals surface area contributed by atoms with Crippen LogP contribution in [0.4, 0.5) is 4.39 Å². The van der Waals surface area contributed by atoms with Gasteiger partial charge in [0.1, 0.15) is 5.82 Å². The molecule has 0 radical (unpaired) electrons. The molecule has 0 bridgehead atoms. The number of hydrogen-bond acceptors (Lipinski definition) is 1. The Hall–Kier alpha value is -1.84. The fraction of sp³-hybridized carbons (Fsp3) is 0.438. The highest BCUT2D eigenvalue weighted by Gasteiger charge is 2.30. The van der Waals surface area contributed by atoms with Crippen LogP contribution in [0.3, 0.4) is 0 Å². The Morgan fingerprint density at radius 1 is 1.35 bits per heavy atom. The summed E-state index contributed by atoms with van der Waals surface area (Å²) < 4.78 is 13.4. The maximum absolute atomic E-state index is 13.4. The minimum atomic E-state index is -0.365. The normalized spacial score (nSPS) is 15.5. The molecule has 4 heteroatoms. The average molecular weight is 274 g/mol. The van der Waals surface area contributed by atoms with Gasteiger partial charge < -0.3 is 9.88 Å². The summed E-state index contributed by atoms with van der Waals surface area (Å²) >= 11 is 0. The smallest absolute Gasteiger partial charge is 0.228 e. The molecule has 0 unspecified atom stereocenters. The summed E-state index contributed by atoms with van der Waals surface area (Å²) in [5.74, 6) is -0.0551. The van der Waals surface area contributed by atoms with Crippen molar-refractivity contribution in [2.45, 2.75) is 33.7 Å². The van der Waals surface area contributed by atoms with E-state index in [2.05, 4.69) is 4.98 Å². The predicted molar refractivity (Wildman–Crippen MR) is 76.8 cm³/mol. The molecule has 0 saturated carbocycles. The summed E-state index contributed by atoms with van der Waals surface area (Å²) in [7, 11) is 0. The monoisotopic (exact) mass is 274 g/mol. The van der Waals surface area contributed by atoms with Gasteiger partial charge in [-0.25, -0.2) is 4.39 Å². The Morgan fingerprint density at radius 2 is 2.10 bits per heavy atom. The zero-order valence-corrected chi connectivity index (χ0v) is 12.1. The number of nitrogens with zero attached hydrogens (tertiary/aromatic N) is 1. The Morgan fingerprint density at radius 3 is 2.80 bits per heavy atom. The summed E-state index contributed by atoms with van der Waals surface area (Å²) in [6, 6.07) is 4.80. The standard InChI is InChI=1S/C16H19FN2O/c1-16(2,3)15(20)19-7-6-11-12-8-10(17)4-5-13(12)18-14(11)9-19/h4-5,8,18H,6-7,9H2,1-3H3. The lowest BCUT2D eigenvalue weighted by Crippen LogP contribution is -2.42. The molecule has 2 heterocycles. The molecule has 1 N–H and O–H groups in total. The highest BCUT2D eigenvalue weighted by Crippen LogP contribution is 2.30. The van der Waals surface area contributed by atoms with Gasteiger partial charge in [-0.05, 0) is 30.2 Å². The lowest BCUT2D eigenvalue weighted by Gasteiger charge is -2.32. The van der Waals surface area contributed by atoms with Crippen LogP contribution in [-0.2, 0) is 17.8 Å². The van der Waals surface area contributed by atoms with Crippen LogP contribution in [0.1, 0.15) is 32.0 Å². The zero-order chi connectivity index (χ0) is 14.5. The first kappa shape index (κ1) is 13.2. The molecule has 1 aromatic heterocycles. The van der Waals surface area contributed by atoms with E-state index >= 15 is 0 Å². The molecule has 0 aliphatic carbocycles. The van der Waals surface area contributed by atoms with Gasteiger partial charge in [0.05, 0.1) is 6.54 Å². The number of benzene rings is 1. The van der Waals surface area contributed by atoms with Gasteiger partial charge in [-0.1, -0.05) is 20.8 Å². The molecule has 106 valence electrons. The van der Waals surface area contributed by atoms with Gasteiger partial charge in [0.25, 0.3) is 0 Å². The van der Waals surface area contributed by atoms with Gasteiger partial charge in [-0.3, -0.25) is 4.79 Å². The largest absolute Gasteiger partial charge is 0.357 e. The number of carbonyl (C=O) groups excluding carboxylic acids is 1. The number of halogens is 1. The summed E-state index contributed by atoms with van der Waals surface area (Å²) in [6.07, 6.45) is 0.778. The van der Waals surface area contributed by atoms with E-state index in [1.807, 2.05) is 25.7 Å². The maximum Gasteiger partial charge on any atom is 0.228 e. The highest BCUT2D eigenvalue weighted by atomic mass is 19.1. The highest BCUT2D eigenvalue weighted by molar-refractivity contribution is 5.86. The van der Waals surface area contributed by atoms with E-state index in [1.54, 1.807) is 12.1 Å². The minimum absolute atomic E-state index is 0.160. The third-order valence-electron chi connectivity index (χ3n) is 3.87. The molecule has 1 aliphatic heterocycles. The number of rotatable bonds is 0. The van der Waals surface area contributed by atoms with Gasteiger partial charge in [0, 0.05) is 28.6 Å². The van der Waals surface area contributed by atoms with Crippen LogP contribution in [0.2, 0.25) is 0 Å². The van der Waals surface area contributed by atoms with E-state index in [1.165, 1.54) is 6.07 Å². The van der Waals surface area contributed by atoms with Crippen LogP contribution in [0, 0.1) is 11.2 Å². The average Bonchev–Trinajstić information content (AvgIpc) is 2.73. The summed E-state index contributed by atoms with van der Waals surface area (Å²) in [5, 5.41) is 0.947. The van der Waals surface area contributed by atoms with Crippen LogP contribution in [0.5, 0.6) is 0 Å². The van der Waals surface area contributed by atoms with Crippen molar-refractivity contribution < 1.29 is 9.18 Å². The number of aromatic amines is 1. The van der Waals surface area contributed by atoms with Gasteiger partial charge in [0.2, 0.25) is 5.91 Å². The van der Waals surface area contributed by atoms with Gasteiger partial charge in [0.15, 0.2) is 0 Å². The predicted octanol–water partition coefficient (Wildman–Crippen LogP) is 3.24. The third-order valence-corrected chi connectivity index (χ3v) is 3.87. The number of nitrogens with one attached hydrogen (secondary N) is 1. The fourth-order valence-corrected chi connectivity index (χ4v) is 2.86. The van der Waals surface area contributed by atoms with E-state index in [4.69, 9.17) is 0 Å². The van der Waals surface area contributed by atoms with Crippen molar-refractivity contribution in [3.63, 3.8) is 0 Å². The topological polar surface area (TPSA) is 36.1 Å². The van der Waals surface area contributed by atoms with E-state index in [9.17, 15) is 9.18 Å². The van der Waals surface area contributed by atoms with Crippen molar-refractivity contribution in [3.8, 4) is 0 Å². The lowest BCUT2D eigenvalue weighted by atomic mass is 9.93. The zero-order valence-electron chi connectivity index (χ0n) is 12.1. The fourth-order valence-electron chi connectivity index (χ4n) is 2.86. The first-order valence-electron chi connectivity index (χ1n) is 6.94. The third kappa shape index (κ3) is 2.09. The molecular formula is C16H19FN2O. The van der Waals surface area contributed by atoms with Crippen molar-refractivity contribution >= 4 is 16.8 Å². The SMILES string of the molecule is CC(C)(C)C(=O)N1CCc2c([nH]c3ccc(F)cc23)C1. The van der Waals surface area contributed by atoms with Crippen LogP contribution in [-0.4, -0.2) is 22.3 Å². The molecule has 2 aromatic rings. The molecule has 1 amide bonds. The van der Waals surface area contributed by atoms with Crippen molar-refractivity contribution in [2.75, 3.05) is 6.54 Å². The number of amides is 1. The molecule has 0 saturated heterocycles. The first-order chi connectivity index (χ1) is 9.36. The van der Waals surface area contributed by atoms with E-state index in [0.717, 1.165) is 28.6 Å². The Kier molecular flexibility index (Phi) is 2.85. The van der Waals surface area contributed by atoms with E-state index in [-0.39, 0.29) is 17.1 Å². The molecule has 0 fully saturated rings. The van der Waals surface area contributed by atoms with Crippen LogP contribution < -0.4 is 0 Å². The van der Waals surface area contributed by atoms with Crippen LogP contribution in [0.25, 0.3) is 10.9 Å². The molecule has 3 rings (SSSR count). The quantitative estimate of drug-likeness (QED) is 0.786. The lowest BCUT2D eigenvalue weighted by molar-refractivity contribution is -0.140. The van der Waals surface area contributed by atoms with Crippen molar-refractivity contribution in [3.05, 3.63) is 35.3 Å². The van der Waals surface area contributed by atoms with Crippen LogP contribution >= 0.6 is 0 Å². The number of hydrogen-bond donors (Lipinski definition) is 1. The van der Waals surface area contributed by atoms with Gasteiger partial charge in [-0.15, -0.1) is 0 Å². The summed E-state index contributed by atoms with van der Waals surface area (Å²) in [4.78, 5) is 17.6. The molecule has 20 heavy (non-hydrogen) atoms. The molecule has 1 aromatic carbocycles. The van der Waals surface area contributed by atoms with Crippen molar-refractivity contribution in [2.24, 2.45) is 5.41 Å². The van der Waals surface area contributed by atoms with Gasteiger partial charge >= 0.3 is 0 Å².